The van der Waals surface area contributed by atoms with Gasteiger partial charge in [-0.2, -0.15) is 0 Å². The molecule has 0 aromatic heterocycles. The van der Waals surface area contributed by atoms with E-state index in [4.69, 9.17) is 37.9 Å². The number of esters is 4. The standard InChI is InChI=1S/C31H38O12/c1-20(32)38-19-27-28(39-21(2)33)29(40-22(3)34)30(41-23(4)35)31(43-27)42-26(17-36-15-24-11-7-5-8-12-24)18-37-16-25-13-9-6-10-14-25/h5-14,26-31H,15-19H2,1-4H3/t27-,28-,29+,30-,31-/m1/s1. The maximum Gasteiger partial charge on any atom is 0.303 e. The van der Waals surface area contributed by atoms with Crippen LogP contribution in [0.2, 0.25) is 0 Å². The number of rotatable bonds is 15. The highest BCUT2D eigenvalue weighted by molar-refractivity contribution is 5.68. The zero-order valence-electron chi connectivity index (χ0n) is 24.7. The highest BCUT2D eigenvalue weighted by Gasteiger charge is 2.53. The average Bonchev–Trinajstić information content (AvgIpc) is 2.95. The fraction of sp³-hybridized carbons (Fsp3) is 0.484. The summed E-state index contributed by atoms with van der Waals surface area (Å²) in [6.07, 6.45) is -7.23. The Balaban J connectivity index is 1.86. The molecule has 43 heavy (non-hydrogen) atoms. The second-order valence-electron chi connectivity index (χ2n) is 9.83. The van der Waals surface area contributed by atoms with Crippen molar-refractivity contribution in [3.8, 4) is 0 Å². The summed E-state index contributed by atoms with van der Waals surface area (Å²) in [5.74, 6) is -2.80. The molecule has 0 unspecified atom stereocenters. The first kappa shape index (κ1) is 33.7. The molecule has 0 bridgehead atoms. The number of carbonyl (C=O) groups excluding carboxylic acids is 4. The fourth-order valence-electron chi connectivity index (χ4n) is 4.38. The molecule has 0 N–H and O–H groups in total. The summed E-state index contributed by atoms with van der Waals surface area (Å²) >= 11 is 0. The smallest absolute Gasteiger partial charge is 0.303 e. The molecular formula is C31H38O12. The average molecular weight is 603 g/mol. The summed E-state index contributed by atoms with van der Waals surface area (Å²) in [6, 6.07) is 19.1. The number of carbonyl (C=O) groups is 4. The van der Waals surface area contributed by atoms with Crippen LogP contribution < -0.4 is 0 Å². The molecule has 1 fully saturated rings. The highest BCUT2D eigenvalue weighted by atomic mass is 16.7. The molecule has 2 aromatic rings. The Kier molecular flexibility index (Phi) is 13.6. The van der Waals surface area contributed by atoms with Gasteiger partial charge < -0.3 is 37.9 Å². The maximum absolute atomic E-state index is 12.2. The zero-order chi connectivity index (χ0) is 31.2. The van der Waals surface area contributed by atoms with Gasteiger partial charge in [-0.1, -0.05) is 60.7 Å². The molecule has 12 nitrogen and oxygen atoms in total. The van der Waals surface area contributed by atoms with Gasteiger partial charge in [-0.05, 0) is 11.1 Å². The molecule has 3 rings (SSSR count). The Morgan fingerprint density at radius 1 is 0.651 bits per heavy atom. The van der Waals surface area contributed by atoms with Gasteiger partial charge in [-0.3, -0.25) is 19.2 Å². The van der Waals surface area contributed by atoms with Gasteiger partial charge in [0.1, 0.15) is 18.8 Å². The summed E-state index contributed by atoms with van der Waals surface area (Å²) in [5, 5.41) is 0. The van der Waals surface area contributed by atoms with Crippen LogP contribution in [-0.4, -0.2) is 80.5 Å². The Hall–Kier alpha value is -3.84. The van der Waals surface area contributed by atoms with E-state index in [1.807, 2.05) is 60.7 Å². The van der Waals surface area contributed by atoms with Crippen molar-refractivity contribution < 1.29 is 57.1 Å². The van der Waals surface area contributed by atoms with Crippen LogP contribution in [0.4, 0.5) is 0 Å². The molecule has 0 spiro atoms. The van der Waals surface area contributed by atoms with Crippen molar-refractivity contribution in [2.45, 2.75) is 77.7 Å². The van der Waals surface area contributed by atoms with Crippen LogP contribution in [0.15, 0.2) is 60.7 Å². The van der Waals surface area contributed by atoms with Crippen LogP contribution in [0.3, 0.4) is 0 Å². The van der Waals surface area contributed by atoms with Gasteiger partial charge in [0.2, 0.25) is 0 Å². The minimum atomic E-state index is -1.36. The second kappa shape index (κ2) is 17.3. The highest BCUT2D eigenvalue weighted by Crippen LogP contribution is 2.30. The van der Waals surface area contributed by atoms with Gasteiger partial charge in [0, 0.05) is 27.7 Å². The number of hydrogen-bond donors (Lipinski definition) is 0. The van der Waals surface area contributed by atoms with E-state index in [1.54, 1.807) is 0 Å². The molecule has 234 valence electrons. The predicted molar refractivity (Wildman–Crippen MR) is 149 cm³/mol. The van der Waals surface area contributed by atoms with E-state index >= 15 is 0 Å². The van der Waals surface area contributed by atoms with E-state index < -0.39 is 60.7 Å². The van der Waals surface area contributed by atoms with Crippen molar-refractivity contribution in [2.24, 2.45) is 0 Å². The number of hydrogen-bond acceptors (Lipinski definition) is 12. The van der Waals surface area contributed by atoms with Crippen molar-refractivity contribution >= 4 is 23.9 Å². The van der Waals surface area contributed by atoms with E-state index in [0.717, 1.165) is 31.9 Å². The van der Waals surface area contributed by atoms with Crippen LogP contribution in [0.1, 0.15) is 38.8 Å². The molecule has 0 radical (unpaired) electrons. The quantitative estimate of drug-likeness (QED) is 0.219. The molecule has 1 aliphatic heterocycles. The Morgan fingerprint density at radius 2 is 1.12 bits per heavy atom. The van der Waals surface area contributed by atoms with Crippen LogP contribution in [0.5, 0.6) is 0 Å². The lowest BCUT2D eigenvalue weighted by Crippen LogP contribution is -2.63. The largest absolute Gasteiger partial charge is 0.463 e. The van der Waals surface area contributed by atoms with Crippen LogP contribution in [-0.2, 0) is 70.3 Å². The second-order valence-corrected chi connectivity index (χ2v) is 9.83. The van der Waals surface area contributed by atoms with Gasteiger partial charge in [0.15, 0.2) is 24.6 Å². The molecule has 0 aliphatic carbocycles. The van der Waals surface area contributed by atoms with E-state index in [1.165, 1.54) is 6.92 Å². The lowest BCUT2D eigenvalue weighted by atomic mass is 9.98. The molecule has 1 saturated heterocycles. The molecule has 0 saturated carbocycles. The minimum absolute atomic E-state index is 0.0521. The van der Waals surface area contributed by atoms with Crippen LogP contribution >= 0.6 is 0 Å². The first-order valence-electron chi connectivity index (χ1n) is 13.8. The summed E-state index contributed by atoms with van der Waals surface area (Å²) in [5.41, 5.74) is 1.89. The molecule has 12 heteroatoms. The first-order valence-corrected chi connectivity index (χ1v) is 13.8. The Morgan fingerprint density at radius 3 is 1.58 bits per heavy atom. The van der Waals surface area contributed by atoms with Gasteiger partial charge in [0.25, 0.3) is 0 Å². The first-order chi connectivity index (χ1) is 20.6. The van der Waals surface area contributed by atoms with E-state index in [9.17, 15) is 19.2 Å². The SMILES string of the molecule is CC(=O)OC[C@H]1O[C@@H](OC(COCc2ccccc2)COCc2ccccc2)[C@H](OC(C)=O)[C@@H](OC(C)=O)[C@@H]1OC(C)=O. The fourth-order valence-corrected chi connectivity index (χ4v) is 4.38. The molecule has 1 aliphatic rings. The normalized spacial score (nSPS) is 21.6. The Labute approximate surface area is 250 Å². The van der Waals surface area contributed by atoms with Crippen molar-refractivity contribution in [2.75, 3.05) is 19.8 Å². The lowest BCUT2D eigenvalue weighted by molar-refractivity contribution is -0.321. The van der Waals surface area contributed by atoms with Crippen LogP contribution in [0, 0.1) is 0 Å². The van der Waals surface area contributed by atoms with Crippen LogP contribution in [0.25, 0.3) is 0 Å². The third kappa shape index (κ3) is 11.8. The number of ether oxygens (including phenoxy) is 8. The molecule has 5 atom stereocenters. The third-order valence-corrected chi connectivity index (χ3v) is 6.11. The van der Waals surface area contributed by atoms with Gasteiger partial charge >= 0.3 is 23.9 Å². The summed E-state index contributed by atoms with van der Waals surface area (Å²) in [7, 11) is 0. The van der Waals surface area contributed by atoms with Gasteiger partial charge in [0.05, 0.1) is 26.4 Å². The molecule has 2 aromatic carbocycles. The number of benzene rings is 2. The monoisotopic (exact) mass is 602 g/mol. The van der Waals surface area contributed by atoms with E-state index in [2.05, 4.69) is 0 Å². The van der Waals surface area contributed by atoms with Gasteiger partial charge in [-0.15, -0.1) is 0 Å². The van der Waals surface area contributed by atoms with Crippen molar-refractivity contribution in [3.05, 3.63) is 71.8 Å². The van der Waals surface area contributed by atoms with E-state index in [0.29, 0.717) is 0 Å². The predicted octanol–water partition coefficient (Wildman–Crippen LogP) is 2.89. The van der Waals surface area contributed by atoms with Crippen molar-refractivity contribution in [3.63, 3.8) is 0 Å². The van der Waals surface area contributed by atoms with Crippen molar-refractivity contribution in [1.29, 1.82) is 0 Å². The zero-order valence-corrected chi connectivity index (χ0v) is 24.7. The summed E-state index contributed by atoms with van der Waals surface area (Å²) < 4.78 is 45.7. The minimum Gasteiger partial charge on any atom is -0.463 e. The third-order valence-electron chi connectivity index (χ3n) is 6.11. The maximum atomic E-state index is 12.2. The van der Waals surface area contributed by atoms with E-state index in [-0.39, 0.29) is 33.0 Å². The van der Waals surface area contributed by atoms with Crippen molar-refractivity contribution in [1.82, 2.24) is 0 Å². The van der Waals surface area contributed by atoms with Gasteiger partial charge in [-0.25, -0.2) is 0 Å². The molecular weight excluding hydrogens is 564 g/mol. The topological polar surface area (TPSA) is 142 Å². The summed E-state index contributed by atoms with van der Waals surface area (Å²) in [6.45, 7) is 4.99. The molecule has 0 amide bonds. The Bertz CT molecular complexity index is 1130. The lowest BCUT2D eigenvalue weighted by Gasteiger charge is -2.44. The summed E-state index contributed by atoms with van der Waals surface area (Å²) in [4.78, 5) is 47.9. The molecule has 1 heterocycles.